The summed E-state index contributed by atoms with van der Waals surface area (Å²) >= 11 is 0. The van der Waals surface area contributed by atoms with Crippen LogP contribution in [-0.2, 0) is 14.3 Å². The molecule has 0 radical (unpaired) electrons. The van der Waals surface area contributed by atoms with Gasteiger partial charge in [0.15, 0.2) is 0 Å². The number of hydrogen-bond acceptors (Lipinski definition) is 4. The Bertz CT molecular complexity index is 537. The number of carbonyl (C=O) groups is 3. The molecule has 6 heteroatoms. The summed E-state index contributed by atoms with van der Waals surface area (Å²) in [4.78, 5) is 36.0. The number of carbonyl (C=O) groups excluding carboxylic acids is 3. The van der Waals surface area contributed by atoms with Crippen molar-refractivity contribution in [3.63, 3.8) is 0 Å². The molecule has 1 rings (SSSR count). The van der Waals surface area contributed by atoms with E-state index in [1.807, 2.05) is 0 Å². The maximum absolute atomic E-state index is 11.7. The number of hydrogen-bond donors (Lipinski definition) is 1. The van der Waals surface area contributed by atoms with E-state index in [0.717, 1.165) is 0 Å². The van der Waals surface area contributed by atoms with Gasteiger partial charge in [-0.3, -0.25) is 9.59 Å². The molecule has 0 atom stereocenters. The van der Waals surface area contributed by atoms with E-state index >= 15 is 0 Å². The van der Waals surface area contributed by atoms with E-state index in [9.17, 15) is 14.4 Å². The molecule has 21 heavy (non-hydrogen) atoms. The Morgan fingerprint density at radius 3 is 2.38 bits per heavy atom. The minimum atomic E-state index is -0.459. The van der Waals surface area contributed by atoms with Gasteiger partial charge in [0.25, 0.3) is 0 Å². The highest BCUT2D eigenvalue weighted by Crippen LogP contribution is 2.16. The first-order valence-corrected chi connectivity index (χ1v) is 6.33. The summed E-state index contributed by atoms with van der Waals surface area (Å²) in [6, 6.07) is 6.26. The van der Waals surface area contributed by atoms with Crippen molar-refractivity contribution < 1.29 is 19.1 Å². The van der Waals surface area contributed by atoms with Crippen LogP contribution in [0.5, 0.6) is 0 Å². The third-order valence-electron chi connectivity index (χ3n) is 2.73. The van der Waals surface area contributed by atoms with E-state index in [1.165, 1.54) is 18.9 Å². The van der Waals surface area contributed by atoms with E-state index in [1.54, 1.807) is 30.3 Å². The second-order valence-corrected chi connectivity index (χ2v) is 4.24. The van der Waals surface area contributed by atoms with Gasteiger partial charge in [0.1, 0.15) is 6.54 Å². The van der Waals surface area contributed by atoms with Gasteiger partial charge in [-0.1, -0.05) is 6.08 Å². The number of rotatable bonds is 6. The third-order valence-corrected chi connectivity index (χ3v) is 2.73. The summed E-state index contributed by atoms with van der Waals surface area (Å²) in [5, 5.41) is 2.60. The predicted molar refractivity (Wildman–Crippen MR) is 79.0 cm³/mol. The fourth-order valence-corrected chi connectivity index (χ4v) is 1.67. The fourth-order valence-electron chi connectivity index (χ4n) is 1.67. The van der Waals surface area contributed by atoms with Gasteiger partial charge in [-0.15, -0.1) is 6.58 Å². The van der Waals surface area contributed by atoms with Crippen molar-refractivity contribution in [1.29, 1.82) is 0 Å². The molecule has 0 aliphatic rings. The molecule has 2 amide bonds. The highest BCUT2D eigenvalue weighted by atomic mass is 16.5. The van der Waals surface area contributed by atoms with Gasteiger partial charge in [-0.2, -0.15) is 0 Å². The maximum Gasteiger partial charge on any atom is 0.337 e. The zero-order chi connectivity index (χ0) is 15.8. The van der Waals surface area contributed by atoms with Gasteiger partial charge in [0, 0.05) is 19.2 Å². The summed E-state index contributed by atoms with van der Waals surface area (Å²) in [5.41, 5.74) is 0.907. The lowest BCUT2D eigenvalue weighted by molar-refractivity contribution is -0.122. The van der Waals surface area contributed by atoms with Crippen LogP contribution >= 0.6 is 0 Å². The van der Waals surface area contributed by atoms with E-state index in [-0.39, 0.29) is 18.4 Å². The standard InChI is InChI=1S/C15H18N2O4/c1-4-9-16-14(19)10-17(11(2)18)13-7-5-12(6-8-13)15(20)21-3/h4-8H,1,9-10H2,2-3H3,(H,16,19). The highest BCUT2D eigenvalue weighted by Gasteiger charge is 2.16. The second-order valence-electron chi connectivity index (χ2n) is 4.24. The monoisotopic (exact) mass is 290 g/mol. The lowest BCUT2D eigenvalue weighted by atomic mass is 10.2. The Kier molecular flexibility index (Phi) is 6.13. The smallest absolute Gasteiger partial charge is 0.337 e. The van der Waals surface area contributed by atoms with Crippen LogP contribution in [0.15, 0.2) is 36.9 Å². The van der Waals surface area contributed by atoms with Gasteiger partial charge >= 0.3 is 5.97 Å². The minimum Gasteiger partial charge on any atom is -0.465 e. The van der Waals surface area contributed by atoms with E-state index in [0.29, 0.717) is 17.8 Å². The van der Waals surface area contributed by atoms with Crippen LogP contribution in [-0.4, -0.2) is 38.0 Å². The molecule has 0 bridgehead atoms. The van der Waals surface area contributed by atoms with Crippen LogP contribution in [0.3, 0.4) is 0 Å². The molecule has 0 spiro atoms. The molecule has 0 saturated heterocycles. The summed E-state index contributed by atoms with van der Waals surface area (Å²) in [6.07, 6.45) is 1.56. The predicted octanol–water partition coefficient (Wildman–Crippen LogP) is 1.13. The fraction of sp³-hybridized carbons (Fsp3) is 0.267. The maximum atomic E-state index is 11.7. The van der Waals surface area contributed by atoms with Crippen molar-refractivity contribution in [1.82, 2.24) is 5.32 Å². The Balaban J connectivity index is 2.86. The summed E-state index contributed by atoms with van der Waals surface area (Å²) in [7, 11) is 1.29. The third kappa shape index (κ3) is 4.76. The van der Waals surface area contributed by atoms with Gasteiger partial charge in [0.05, 0.1) is 12.7 Å². The molecule has 1 aromatic carbocycles. The molecule has 0 heterocycles. The Morgan fingerprint density at radius 2 is 1.90 bits per heavy atom. The molecule has 0 unspecified atom stereocenters. The van der Waals surface area contributed by atoms with Crippen molar-refractivity contribution in [3.8, 4) is 0 Å². The number of nitrogens with one attached hydrogen (secondary N) is 1. The molecular weight excluding hydrogens is 272 g/mol. The molecule has 6 nitrogen and oxygen atoms in total. The molecule has 0 saturated carbocycles. The lowest BCUT2D eigenvalue weighted by Crippen LogP contribution is -2.39. The quantitative estimate of drug-likeness (QED) is 0.629. The van der Waals surface area contributed by atoms with E-state index in [4.69, 9.17) is 0 Å². The van der Waals surface area contributed by atoms with Crippen molar-refractivity contribution >= 4 is 23.5 Å². The summed E-state index contributed by atoms with van der Waals surface area (Å²) in [6.45, 7) is 5.11. The average Bonchev–Trinajstić information content (AvgIpc) is 2.49. The summed E-state index contributed by atoms with van der Waals surface area (Å²) in [5.74, 6) is -1.02. The average molecular weight is 290 g/mol. The molecular formula is C15H18N2O4. The Morgan fingerprint density at radius 1 is 1.29 bits per heavy atom. The number of methoxy groups -OCH3 is 1. The lowest BCUT2D eigenvalue weighted by Gasteiger charge is -2.20. The van der Waals surface area contributed by atoms with Crippen molar-refractivity contribution in [2.45, 2.75) is 6.92 Å². The topological polar surface area (TPSA) is 75.7 Å². The van der Waals surface area contributed by atoms with Crippen LogP contribution in [0.25, 0.3) is 0 Å². The number of benzene rings is 1. The Hall–Kier alpha value is -2.63. The van der Waals surface area contributed by atoms with E-state index < -0.39 is 5.97 Å². The normalized spacial score (nSPS) is 9.62. The number of amides is 2. The first-order chi connectivity index (χ1) is 9.99. The zero-order valence-corrected chi connectivity index (χ0v) is 12.1. The number of nitrogens with zero attached hydrogens (tertiary/aromatic N) is 1. The largest absolute Gasteiger partial charge is 0.465 e. The minimum absolute atomic E-state index is 0.0965. The van der Waals surface area contributed by atoms with Crippen molar-refractivity contribution in [2.24, 2.45) is 0 Å². The van der Waals surface area contributed by atoms with Crippen LogP contribution in [0.2, 0.25) is 0 Å². The Labute approximate surface area is 123 Å². The number of ether oxygens (including phenoxy) is 1. The molecule has 0 aromatic heterocycles. The van der Waals surface area contributed by atoms with Gasteiger partial charge < -0.3 is 15.0 Å². The highest BCUT2D eigenvalue weighted by molar-refractivity contribution is 5.98. The van der Waals surface area contributed by atoms with Crippen molar-refractivity contribution in [3.05, 3.63) is 42.5 Å². The SMILES string of the molecule is C=CCNC(=O)CN(C(C)=O)c1ccc(C(=O)OC)cc1. The van der Waals surface area contributed by atoms with Crippen molar-refractivity contribution in [2.75, 3.05) is 25.1 Å². The second kappa shape index (κ2) is 7.84. The first-order valence-electron chi connectivity index (χ1n) is 6.33. The first kappa shape index (κ1) is 16.4. The van der Waals surface area contributed by atoms with Gasteiger partial charge in [-0.25, -0.2) is 4.79 Å². The molecule has 0 aliphatic carbocycles. The van der Waals surface area contributed by atoms with Crippen LogP contribution in [0.1, 0.15) is 17.3 Å². The molecule has 112 valence electrons. The van der Waals surface area contributed by atoms with Gasteiger partial charge in [-0.05, 0) is 24.3 Å². The molecule has 0 aliphatic heterocycles. The van der Waals surface area contributed by atoms with Crippen LogP contribution < -0.4 is 10.2 Å². The zero-order valence-electron chi connectivity index (χ0n) is 12.1. The van der Waals surface area contributed by atoms with Gasteiger partial charge in [0.2, 0.25) is 11.8 Å². The van der Waals surface area contributed by atoms with E-state index in [2.05, 4.69) is 16.6 Å². The molecule has 0 fully saturated rings. The van der Waals surface area contributed by atoms with Crippen LogP contribution in [0, 0.1) is 0 Å². The summed E-state index contributed by atoms with van der Waals surface area (Å²) < 4.78 is 4.60. The molecule has 1 N–H and O–H groups in total. The van der Waals surface area contributed by atoms with Crippen LogP contribution in [0.4, 0.5) is 5.69 Å². The number of esters is 1. The number of anilines is 1. The molecule has 1 aromatic rings.